The smallest absolute Gasteiger partial charge is 0.153 e. The van der Waals surface area contributed by atoms with Gasteiger partial charge in [0, 0.05) is 25.3 Å². The van der Waals surface area contributed by atoms with Crippen LogP contribution in [0.3, 0.4) is 0 Å². The predicted octanol–water partition coefficient (Wildman–Crippen LogP) is 8.14. The molecule has 0 bridgehead atoms. The Morgan fingerprint density at radius 2 is 1.97 bits per heavy atom. The van der Waals surface area contributed by atoms with Gasteiger partial charge < -0.3 is 15.5 Å². The molecule has 6 heteroatoms. The number of aromatic nitrogens is 1. The zero-order chi connectivity index (χ0) is 27.5. The Hall–Kier alpha value is -2.70. The van der Waals surface area contributed by atoms with Crippen LogP contribution in [0.4, 0.5) is 10.7 Å². The number of para-hydroxylation sites is 1. The van der Waals surface area contributed by atoms with Crippen LogP contribution in [0.5, 0.6) is 0 Å². The zero-order valence-corrected chi connectivity index (χ0v) is 24.9. The molecule has 2 N–H and O–H groups in total. The molecule has 0 atom stereocenters. The summed E-state index contributed by atoms with van der Waals surface area (Å²) in [7, 11) is 1.99. The molecule has 0 unspecified atom stereocenters. The van der Waals surface area contributed by atoms with Crippen LogP contribution in [0, 0.1) is 0 Å². The van der Waals surface area contributed by atoms with Gasteiger partial charge in [-0.05, 0) is 58.2 Å². The highest BCUT2D eigenvalue weighted by molar-refractivity contribution is 7.16. The molecule has 0 saturated heterocycles. The summed E-state index contributed by atoms with van der Waals surface area (Å²) in [5, 5.41) is 9.19. The number of anilines is 2. The topological polar surface area (TPSA) is 52.6 Å². The van der Waals surface area contributed by atoms with Crippen molar-refractivity contribution in [2.45, 2.75) is 73.3 Å². The minimum Gasteiger partial charge on any atom is -0.354 e. The number of unbranched alkanes of at least 4 members (excludes halogenated alkanes) is 1. The number of aryl methyl sites for hydroxylation is 1. The van der Waals surface area contributed by atoms with Crippen LogP contribution < -0.4 is 10.6 Å². The van der Waals surface area contributed by atoms with Crippen molar-refractivity contribution in [3.8, 4) is 0 Å². The Morgan fingerprint density at radius 3 is 2.51 bits per heavy atom. The van der Waals surface area contributed by atoms with Crippen LogP contribution in [-0.2, 0) is 13.0 Å². The number of hydrogen-bond donors (Lipinski definition) is 2. The number of hydrogen-bond acceptors (Lipinski definition) is 6. The molecule has 3 rings (SSSR count). The van der Waals surface area contributed by atoms with Gasteiger partial charge in [0.05, 0.1) is 11.6 Å². The maximum absolute atomic E-state index is 5.00. The Kier molecular flexibility index (Phi) is 17.0. The third-order valence-corrected chi connectivity index (χ3v) is 6.85. The molecule has 1 aliphatic heterocycles. The van der Waals surface area contributed by atoms with E-state index in [1.54, 1.807) is 17.4 Å². The van der Waals surface area contributed by atoms with Gasteiger partial charge in [0.25, 0.3) is 0 Å². The average Bonchev–Trinajstić information content (AvgIpc) is 3.31. The number of nitrogens with zero attached hydrogens (tertiary/aromatic N) is 3. The SMILES string of the molecule is C/C=C\CC.C=CC(=C)CC.CCCCc1nc2c(s1)Nc1ccccc1CN=C2N(CC)CCNC. The van der Waals surface area contributed by atoms with Crippen molar-refractivity contribution in [2.75, 3.05) is 32.0 Å². The first kappa shape index (κ1) is 32.3. The van der Waals surface area contributed by atoms with Crippen molar-refractivity contribution in [3.05, 3.63) is 77.5 Å². The van der Waals surface area contributed by atoms with Crippen molar-refractivity contribution in [1.29, 1.82) is 0 Å². The molecule has 1 aromatic carbocycles. The van der Waals surface area contributed by atoms with E-state index in [9.17, 15) is 0 Å². The number of rotatable bonds is 10. The molecule has 0 radical (unpaired) electrons. The second-order valence-corrected chi connectivity index (χ2v) is 9.77. The number of likely N-dealkylation sites (N-methyl/N-ethyl adjacent to an activating group) is 2. The fraction of sp³-hybridized carbons (Fsp3) is 0.484. The fourth-order valence-corrected chi connectivity index (χ4v) is 4.48. The number of amidine groups is 1. The van der Waals surface area contributed by atoms with E-state index in [-0.39, 0.29) is 0 Å². The number of benzene rings is 1. The van der Waals surface area contributed by atoms with Crippen molar-refractivity contribution in [3.63, 3.8) is 0 Å². The maximum atomic E-state index is 5.00. The van der Waals surface area contributed by atoms with Gasteiger partial charge in [0.15, 0.2) is 5.84 Å². The monoisotopic (exact) mass is 523 g/mol. The number of nitrogens with one attached hydrogen (secondary N) is 2. The normalized spacial score (nSPS) is 11.8. The molecule has 0 fully saturated rings. The summed E-state index contributed by atoms with van der Waals surface area (Å²) in [6.45, 7) is 21.3. The van der Waals surface area contributed by atoms with E-state index < -0.39 is 0 Å². The van der Waals surface area contributed by atoms with Crippen LogP contribution in [0.2, 0.25) is 0 Å². The third kappa shape index (κ3) is 11.5. The lowest BCUT2D eigenvalue weighted by atomic mass is 10.1. The van der Waals surface area contributed by atoms with Gasteiger partial charge in [-0.3, -0.25) is 4.99 Å². The Balaban J connectivity index is 0.000000524. The van der Waals surface area contributed by atoms with E-state index in [0.717, 1.165) is 66.7 Å². The molecule has 204 valence electrons. The van der Waals surface area contributed by atoms with Crippen molar-refractivity contribution >= 4 is 27.9 Å². The molecular weight excluding hydrogens is 474 g/mol. The first-order valence-electron chi connectivity index (χ1n) is 13.7. The lowest BCUT2D eigenvalue weighted by Gasteiger charge is -2.26. The molecule has 0 amide bonds. The number of aliphatic imine (C=N–C) groups is 1. The molecule has 1 aliphatic rings. The molecule has 5 nitrogen and oxygen atoms in total. The van der Waals surface area contributed by atoms with E-state index in [0.29, 0.717) is 6.54 Å². The highest BCUT2D eigenvalue weighted by Crippen LogP contribution is 2.33. The minimum absolute atomic E-state index is 0.676. The first-order chi connectivity index (χ1) is 18.0. The van der Waals surface area contributed by atoms with Crippen molar-refractivity contribution in [1.82, 2.24) is 15.2 Å². The van der Waals surface area contributed by atoms with Gasteiger partial charge in [-0.2, -0.15) is 0 Å². The standard InChI is InChI=1S/C20H29N5S.C6H10.C5H10/c1-4-6-11-17-24-18-19(25(5-2)13-12-21-3)22-14-15-9-7-8-10-16(15)23-20(18)26-17;1-4-6(3)5-2;1-3-5-4-2/h7-10,21,23H,4-6,11-14H2,1-3H3;4H,1,3,5H2,2H3;3,5H,4H2,1-2H3/b;;5-3-. The highest BCUT2D eigenvalue weighted by Gasteiger charge is 2.23. The summed E-state index contributed by atoms with van der Waals surface area (Å²) in [6.07, 6.45) is 11.5. The van der Waals surface area contributed by atoms with Crippen LogP contribution in [0.1, 0.15) is 76.6 Å². The van der Waals surface area contributed by atoms with Gasteiger partial charge in [0.1, 0.15) is 10.7 Å². The summed E-state index contributed by atoms with van der Waals surface area (Å²) in [6, 6.07) is 8.43. The quantitative estimate of drug-likeness (QED) is 0.244. The summed E-state index contributed by atoms with van der Waals surface area (Å²) in [4.78, 5) is 12.3. The van der Waals surface area contributed by atoms with Gasteiger partial charge in [-0.25, -0.2) is 4.98 Å². The maximum Gasteiger partial charge on any atom is 0.153 e. The second kappa shape index (κ2) is 19.4. The summed E-state index contributed by atoms with van der Waals surface area (Å²) < 4.78 is 0. The molecule has 37 heavy (non-hydrogen) atoms. The summed E-state index contributed by atoms with van der Waals surface area (Å²) in [5.74, 6) is 1.01. The van der Waals surface area contributed by atoms with Gasteiger partial charge in [-0.15, -0.1) is 11.3 Å². The van der Waals surface area contributed by atoms with E-state index in [1.807, 2.05) is 14.0 Å². The van der Waals surface area contributed by atoms with E-state index in [4.69, 9.17) is 9.98 Å². The molecule has 2 aromatic rings. The number of allylic oxidation sites excluding steroid dienone is 4. The lowest BCUT2D eigenvalue weighted by molar-refractivity contribution is 0.435. The second-order valence-electron chi connectivity index (χ2n) is 8.69. The van der Waals surface area contributed by atoms with Gasteiger partial charge >= 0.3 is 0 Å². The molecule has 2 heterocycles. The van der Waals surface area contributed by atoms with Crippen LogP contribution in [-0.4, -0.2) is 42.4 Å². The number of thiazole rings is 1. The summed E-state index contributed by atoms with van der Waals surface area (Å²) in [5.41, 5.74) is 4.48. The van der Waals surface area contributed by atoms with Crippen LogP contribution in [0.25, 0.3) is 0 Å². The average molecular weight is 524 g/mol. The predicted molar refractivity (Wildman–Crippen MR) is 167 cm³/mol. The molecule has 0 spiro atoms. The fourth-order valence-electron chi connectivity index (χ4n) is 3.46. The Bertz CT molecular complexity index is 989. The van der Waals surface area contributed by atoms with Crippen molar-refractivity contribution in [2.24, 2.45) is 4.99 Å². The Labute approximate surface area is 230 Å². The highest BCUT2D eigenvalue weighted by atomic mass is 32.1. The van der Waals surface area contributed by atoms with Crippen LogP contribution in [0.15, 0.2) is 66.2 Å². The van der Waals surface area contributed by atoms with Crippen LogP contribution >= 0.6 is 11.3 Å². The Morgan fingerprint density at radius 1 is 1.22 bits per heavy atom. The largest absolute Gasteiger partial charge is 0.354 e. The first-order valence-corrected chi connectivity index (χ1v) is 14.5. The minimum atomic E-state index is 0.676. The summed E-state index contributed by atoms with van der Waals surface area (Å²) >= 11 is 1.77. The van der Waals surface area contributed by atoms with Crippen molar-refractivity contribution < 1.29 is 0 Å². The molecule has 0 saturated carbocycles. The van der Waals surface area contributed by atoms with E-state index in [2.05, 4.69) is 92.8 Å². The molecular formula is C31H49N5S. The van der Waals surface area contributed by atoms with E-state index in [1.165, 1.54) is 23.4 Å². The zero-order valence-electron chi connectivity index (χ0n) is 24.1. The van der Waals surface area contributed by atoms with E-state index >= 15 is 0 Å². The van der Waals surface area contributed by atoms with Gasteiger partial charge in [0.2, 0.25) is 0 Å². The number of fused-ring (bicyclic) bond motifs is 2. The van der Waals surface area contributed by atoms with Gasteiger partial charge in [-0.1, -0.05) is 82.4 Å². The lowest BCUT2D eigenvalue weighted by Crippen LogP contribution is -2.37. The third-order valence-electron chi connectivity index (χ3n) is 5.82. The molecule has 0 aliphatic carbocycles. The molecule has 1 aromatic heterocycles.